The molecule has 0 bridgehead atoms. The van der Waals surface area contributed by atoms with Gasteiger partial charge in [0.15, 0.2) is 5.96 Å². The number of carbonyl (C=O) groups excluding carboxylic acids is 1. The van der Waals surface area contributed by atoms with Gasteiger partial charge in [0, 0.05) is 51.1 Å². The van der Waals surface area contributed by atoms with E-state index in [-0.39, 0.29) is 5.91 Å². The molecule has 7 heteroatoms. The third kappa shape index (κ3) is 10.8. The van der Waals surface area contributed by atoms with Crippen LogP contribution in [0.1, 0.15) is 26.2 Å². The molecule has 0 aromatic carbocycles. The standard InChI is InChI=1S/C12H24N6O/c1-3-16-9-10(13)6-8-17-11(19)5-4-7-18-12(14)15-2/h3,9H,4-8,13H2,1-2H3,(H,17,19)(H3,14,15,18)/b10-9-,16-3?. The van der Waals surface area contributed by atoms with E-state index >= 15 is 0 Å². The van der Waals surface area contributed by atoms with Crippen LogP contribution in [0, 0.1) is 0 Å². The van der Waals surface area contributed by atoms with Gasteiger partial charge in [0.05, 0.1) is 0 Å². The van der Waals surface area contributed by atoms with Gasteiger partial charge in [-0.25, -0.2) is 0 Å². The number of nitrogens with two attached hydrogens (primary N) is 2. The fourth-order valence-electron chi connectivity index (χ4n) is 1.21. The Morgan fingerprint density at radius 1 is 1.21 bits per heavy atom. The van der Waals surface area contributed by atoms with Gasteiger partial charge in [0.25, 0.3) is 0 Å². The molecule has 0 aromatic rings. The Morgan fingerprint density at radius 3 is 2.58 bits per heavy atom. The largest absolute Gasteiger partial charge is 0.401 e. The summed E-state index contributed by atoms with van der Waals surface area (Å²) in [6.07, 6.45) is 4.98. The van der Waals surface area contributed by atoms with Gasteiger partial charge in [0.2, 0.25) is 5.91 Å². The molecule has 0 aliphatic carbocycles. The Hall–Kier alpha value is -2.05. The fourth-order valence-corrected chi connectivity index (χ4v) is 1.21. The van der Waals surface area contributed by atoms with Crippen molar-refractivity contribution in [3.05, 3.63) is 11.9 Å². The maximum Gasteiger partial charge on any atom is 0.220 e. The molecule has 6 N–H and O–H groups in total. The lowest BCUT2D eigenvalue weighted by Crippen LogP contribution is -2.33. The summed E-state index contributed by atoms with van der Waals surface area (Å²) >= 11 is 0. The maximum atomic E-state index is 11.5. The van der Waals surface area contributed by atoms with Crippen LogP contribution < -0.4 is 22.1 Å². The molecule has 0 aromatic heterocycles. The molecule has 0 unspecified atom stereocenters. The zero-order valence-electron chi connectivity index (χ0n) is 11.6. The molecule has 7 nitrogen and oxygen atoms in total. The Labute approximate surface area is 114 Å². The Kier molecular flexibility index (Phi) is 9.87. The zero-order valence-corrected chi connectivity index (χ0v) is 11.6. The van der Waals surface area contributed by atoms with Crippen LogP contribution in [0.4, 0.5) is 0 Å². The van der Waals surface area contributed by atoms with Gasteiger partial charge >= 0.3 is 0 Å². The topological polar surface area (TPSA) is 118 Å². The molecule has 0 saturated carbocycles. The van der Waals surface area contributed by atoms with Crippen LogP contribution in [0.2, 0.25) is 0 Å². The zero-order chi connectivity index (χ0) is 14.5. The molecule has 0 saturated heterocycles. The van der Waals surface area contributed by atoms with Gasteiger partial charge in [-0.2, -0.15) is 0 Å². The van der Waals surface area contributed by atoms with Gasteiger partial charge in [-0.1, -0.05) is 0 Å². The summed E-state index contributed by atoms with van der Waals surface area (Å²) in [6, 6.07) is 0. The molecule has 0 radical (unpaired) electrons. The number of amides is 1. The second-order valence-electron chi connectivity index (χ2n) is 3.85. The Morgan fingerprint density at radius 2 is 1.95 bits per heavy atom. The van der Waals surface area contributed by atoms with Crippen molar-refractivity contribution in [1.82, 2.24) is 10.6 Å². The second-order valence-corrected chi connectivity index (χ2v) is 3.85. The van der Waals surface area contributed by atoms with E-state index < -0.39 is 0 Å². The van der Waals surface area contributed by atoms with Gasteiger partial charge in [-0.3, -0.25) is 14.8 Å². The summed E-state index contributed by atoms with van der Waals surface area (Å²) < 4.78 is 0. The van der Waals surface area contributed by atoms with Gasteiger partial charge in [-0.05, 0) is 13.3 Å². The van der Waals surface area contributed by atoms with E-state index in [0.29, 0.717) is 44.0 Å². The second kappa shape index (κ2) is 11.1. The molecular weight excluding hydrogens is 244 g/mol. The molecular formula is C12H24N6O. The number of carbonyl (C=O) groups is 1. The van der Waals surface area contributed by atoms with Crippen molar-refractivity contribution in [1.29, 1.82) is 0 Å². The molecule has 0 aliphatic heterocycles. The lowest BCUT2D eigenvalue weighted by Gasteiger charge is -2.06. The Balaban J connectivity index is 3.60. The lowest BCUT2D eigenvalue weighted by molar-refractivity contribution is -0.121. The smallest absolute Gasteiger partial charge is 0.220 e. The van der Waals surface area contributed by atoms with E-state index in [1.807, 2.05) is 6.92 Å². The molecule has 0 heterocycles. The van der Waals surface area contributed by atoms with Gasteiger partial charge in [-0.15, -0.1) is 0 Å². The highest BCUT2D eigenvalue weighted by atomic mass is 16.1. The molecule has 0 spiro atoms. The summed E-state index contributed by atoms with van der Waals surface area (Å²) in [7, 11) is 1.61. The number of rotatable bonds is 8. The number of hydrogen-bond donors (Lipinski definition) is 4. The fraction of sp³-hybridized carbons (Fsp3) is 0.583. The molecule has 19 heavy (non-hydrogen) atoms. The average Bonchev–Trinajstić information content (AvgIpc) is 2.40. The van der Waals surface area contributed by atoms with Crippen molar-refractivity contribution in [3.63, 3.8) is 0 Å². The van der Waals surface area contributed by atoms with Gasteiger partial charge < -0.3 is 22.1 Å². The van der Waals surface area contributed by atoms with E-state index in [2.05, 4.69) is 20.6 Å². The maximum absolute atomic E-state index is 11.5. The van der Waals surface area contributed by atoms with E-state index in [9.17, 15) is 4.79 Å². The molecule has 0 aliphatic rings. The molecule has 0 atom stereocenters. The lowest BCUT2D eigenvalue weighted by atomic mass is 10.3. The number of aliphatic imine (C=N–C) groups is 2. The Bertz CT molecular complexity index is 348. The van der Waals surface area contributed by atoms with Crippen molar-refractivity contribution < 1.29 is 4.79 Å². The summed E-state index contributed by atoms with van der Waals surface area (Å²) in [5, 5.41) is 5.68. The SMILES string of the molecule is CC=N/C=C(\N)CCNC(=O)CCCNC(N)=NC. The summed E-state index contributed by atoms with van der Waals surface area (Å²) in [6.45, 7) is 2.96. The summed E-state index contributed by atoms with van der Waals surface area (Å²) in [5.41, 5.74) is 11.8. The van der Waals surface area contributed by atoms with Crippen LogP contribution in [0.3, 0.4) is 0 Å². The summed E-state index contributed by atoms with van der Waals surface area (Å²) in [5.74, 6) is 0.385. The average molecular weight is 268 g/mol. The molecule has 108 valence electrons. The van der Waals surface area contributed by atoms with Crippen molar-refractivity contribution >= 4 is 18.1 Å². The van der Waals surface area contributed by atoms with E-state index in [4.69, 9.17) is 11.5 Å². The minimum atomic E-state index is 0.000557. The molecule has 1 amide bonds. The molecule has 0 fully saturated rings. The van der Waals surface area contributed by atoms with Crippen molar-refractivity contribution in [2.45, 2.75) is 26.2 Å². The van der Waals surface area contributed by atoms with Crippen molar-refractivity contribution in [2.75, 3.05) is 20.1 Å². The van der Waals surface area contributed by atoms with Crippen LogP contribution in [-0.2, 0) is 4.79 Å². The normalized spacial score (nSPS) is 12.7. The number of nitrogens with zero attached hydrogens (tertiary/aromatic N) is 2. The first-order valence-electron chi connectivity index (χ1n) is 6.25. The van der Waals surface area contributed by atoms with Crippen LogP contribution in [0.5, 0.6) is 0 Å². The third-order valence-corrected chi connectivity index (χ3v) is 2.25. The predicted octanol–water partition coefficient (Wildman–Crippen LogP) is -0.302. The van der Waals surface area contributed by atoms with Crippen LogP contribution in [-0.4, -0.2) is 38.2 Å². The monoisotopic (exact) mass is 268 g/mol. The van der Waals surface area contributed by atoms with E-state index in [1.54, 1.807) is 19.5 Å². The molecule has 0 rings (SSSR count). The van der Waals surface area contributed by atoms with Crippen LogP contribution in [0.15, 0.2) is 21.9 Å². The highest BCUT2D eigenvalue weighted by molar-refractivity contribution is 5.78. The van der Waals surface area contributed by atoms with Gasteiger partial charge in [0.1, 0.15) is 0 Å². The third-order valence-electron chi connectivity index (χ3n) is 2.25. The van der Waals surface area contributed by atoms with Crippen LogP contribution in [0.25, 0.3) is 0 Å². The minimum Gasteiger partial charge on any atom is -0.401 e. The minimum absolute atomic E-state index is 0.000557. The first kappa shape index (κ1) is 16.9. The highest BCUT2D eigenvalue weighted by Gasteiger charge is 2.00. The number of nitrogens with one attached hydrogen (secondary N) is 2. The quantitative estimate of drug-likeness (QED) is 0.274. The number of hydrogen-bond acceptors (Lipinski definition) is 4. The first-order valence-corrected chi connectivity index (χ1v) is 6.25. The summed E-state index contributed by atoms with van der Waals surface area (Å²) in [4.78, 5) is 19.1. The number of guanidine groups is 1. The first-order chi connectivity index (χ1) is 9.10. The van der Waals surface area contributed by atoms with Crippen LogP contribution >= 0.6 is 0 Å². The van der Waals surface area contributed by atoms with Crippen molar-refractivity contribution in [3.8, 4) is 0 Å². The van der Waals surface area contributed by atoms with Crippen molar-refractivity contribution in [2.24, 2.45) is 21.5 Å². The predicted molar refractivity (Wildman–Crippen MR) is 78.8 cm³/mol. The van der Waals surface area contributed by atoms with E-state index in [1.165, 1.54) is 0 Å². The highest BCUT2D eigenvalue weighted by Crippen LogP contribution is 1.92. The van der Waals surface area contributed by atoms with E-state index in [0.717, 1.165) is 0 Å².